The van der Waals surface area contributed by atoms with Gasteiger partial charge >= 0.3 is 0 Å². The first-order valence-electron chi connectivity index (χ1n) is 6.12. The molecule has 0 spiro atoms. The molecule has 5 nitrogen and oxygen atoms in total. The first kappa shape index (κ1) is 14.3. The minimum Gasteiger partial charge on any atom is -0.438 e. The van der Waals surface area contributed by atoms with E-state index in [-0.39, 0.29) is 0 Å². The van der Waals surface area contributed by atoms with Crippen molar-refractivity contribution in [3.8, 4) is 17.7 Å². The van der Waals surface area contributed by atoms with Crippen molar-refractivity contribution in [1.82, 2.24) is 9.97 Å². The average Bonchev–Trinajstić information content (AvgIpc) is 2.46. The molecule has 0 bridgehead atoms. The van der Waals surface area contributed by atoms with E-state index < -0.39 is 0 Å². The molecule has 0 aliphatic carbocycles. The molecule has 6 heteroatoms. The molecule has 0 saturated carbocycles. The first-order chi connectivity index (χ1) is 9.74. The number of rotatable bonds is 5. The van der Waals surface area contributed by atoms with E-state index in [1.54, 1.807) is 0 Å². The van der Waals surface area contributed by atoms with Crippen LogP contribution in [0.4, 0.5) is 5.82 Å². The van der Waals surface area contributed by atoms with E-state index in [1.807, 2.05) is 31.2 Å². The highest BCUT2D eigenvalue weighted by Crippen LogP contribution is 2.31. The summed E-state index contributed by atoms with van der Waals surface area (Å²) in [7, 11) is 0. The normalized spacial score (nSPS) is 9.85. The third kappa shape index (κ3) is 3.45. The van der Waals surface area contributed by atoms with Gasteiger partial charge in [0.25, 0.3) is 0 Å². The van der Waals surface area contributed by atoms with Crippen LogP contribution < -0.4 is 10.1 Å². The highest BCUT2D eigenvalue weighted by molar-refractivity contribution is 9.10. The van der Waals surface area contributed by atoms with Crippen molar-refractivity contribution < 1.29 is 4.74 Å². The molecule has 0 aliphatic rings. The van der Waals surface area contributed by atoms with Gasteiger partial charge in [0, 0.05) is 6.54 Å². The SMILES string of the molecule is CCNc1ncnc(Oc2ccc(CC#N)cc2)c1Br. The van der Waals surface area contributed by atoms with Crippen LogP contribution in [-0.4, -0.2) is 16.5 Å². The van der Waals surface area contributed by atoms with Gasteiger partial charge < -0.3 is 10.1 Å². The van der Waals surface area contributed by atoms with Crippen LogP contribution in [-0.2, 0) is 6.42 Å². The van der Waals surface area contributed by atoms with Crippen LogP contribution >= 0.6 is 15.9 Å². The Bertz CT molecular complexity index is 622. The minimum absolute atomic E-state index is 0.391. The van der Waals surface area contributed by atoms with Crippen LogP contribution in [0.3, 0.4) is 0 Å². The molecular weight excluding hydrogens is 320 g/mol. The Balaban J connectivity index is 2.17. The number of aromatic nitrogens is 2. The van der Waals surface area contributed by atoms with Gasteiger partial charge in [-0.1, -0.05) is 12.1 Å². The highest BCUT2D eigenvalue weighted by atomic mass is 79.9. The lowest BCUT2D eigenvalue weighted by atomic mass is 10.2. The van der Waals surface area contributed by atoms with E-state index in [2.05, 4.69) is 37.3 Å². The van der Waals surface area contributed by atoms with Crippen LogP contribution in [0.25, 0.3) is 0 Å². The summed E-state index contributed by atoms with van der Waals surface area (Å²) >= 11 is 3.42. The molecule has 1 N–H and O–H groups in total. The van der Waals surface area contributed by atoms with Gasteiger partial charge in [-0.05, 0) is 40.5 Å². The molecular formula is C14H13BrN4O. The quantitative estimate of drug-likeness (QED) is 0.906. The van der Waals surface area contributed by atoms with E-state index in [0.29, 0.717) is 28.3 Å². The molecule has 1 aromatic carbocycles. The van der Waals surface area contributed by atoms with Gasteiger partial charge in [0.2, 0.25) is 5.88 Å². The van der Waals surface area contributed by atoms with Gasteiger partial charge in [-0.3, -0.25) is 0 Å². The van der Waals surface area contributed by atoms with E-state index >= 15 is 0 Å². The second kappa shape index (κ2) is 6.87. The summed E-state index contributed by atoms with van der Waals surface area (Å²) in [4.78, 5) is 8.23. The number of nitriles is 1. The number of nitrogens with one attached hydrogen (secondary N) is 1. The van der Waals surface area contributed by atoms with Crippen LogP contribution in [0.1, 0.15) is 12.5 Å². The monoisotopic (exact) mass is 332 g/mol. The standard InChI is InChI=1S/C14H13BrN4O/c1-2-17-13-12(15)14(19-9-18-13)20-11-5-3-10(4-6-11)7-8-16/h3-6,9H,2,7H2,1H3,(H,17,18,19). The van der Waals surface area contributed by atoms with Crippen molar-refractivity contribution in [1.29, 1.82) is 5.26 Å². The Morgan fingerprint density at radius 2 is 2.05 bits per heavy atom. The molecule has 0 radical (unpaired) electrons. The molecule has 102 valence electrons. The predicted octanol–water partition coefficient (Wildman–Crippen LogP) is 3.53. The van der Waals surface area contributed by atoms with Gasteiger partial charge in [-0.25, -0.2) is 9.97 Å². The lowest BCUT2D eigenvalue weighted by molar-refractivity contribution is 0.458. The number of hydrogen-bond acceptors (Lipinski definition) is 5. The maximum absolute atomic E-state index is 8.63. The summed E-state index contributed by atoms with van der Waals surface area (Å²) in [5.74, 6) is 1.80. The number of ether oxygens (including phenoxy) is 1. The predicted molar refractivity (Wildman–Crippen MR) is 79.7 cm³/mol. The van der Waals surface area contributed by atoms with Gasteiger partial charge in [0.1, 0.15) is 22.4 Å². The molecule has 0 saturated heterocycles. The molecule has 0 unspecified atom stereocenters. The van der Waals surface area contributed by atoms with Gasteiger partial charge in [0.05, 0.1) is 12.5 Å². The molecule has 1 aromatic heterocycles. The summed E-state index contributed by atoms with van der Waals surface area (Å²) in [6.45, 7) is 2.75. The van der Waals surface area contributed by atoms with Crippen molar-refractivity contribution in [2.24, 2.45) is 0 Å². The summed E-state index contributed by atoms with van der Waals surface area (Å²) in [6.07, 6.45) is 1.84. The van der Waals surface area contributed by atoms with Gasteiger partial charge in [-0.15, -0.1) is 0 Å². The van der Waals surface area contributed by atoms with Crippen LogP contribution in [0.15, 0.2) is 35.1 Å². The smallest absolute Gasteiger partial charge is 0.238 e. The molecule has 20 heavy (non-hydrogen) atoms. The maximum Gasteiger partial charge on any atom is 0.238 e. The molecule has 2 rings (SSSR count). The Morgan fingerprint density at radius 1 is 1.30 bits per heavy atom. The van der Waals surface area contributed by atoms with Gasteiger partial charge in [-0.2, -0.15) is 5.26 Å². The number of hydrogen-bond donors (Lipinski definition) is 1. The van der Waals surface area contributed by atoms with Crippen LogP contribution in [0.5, 0.6) is 11.6 Å². The number of nitrogens with zero attached hydrogens (tertiary/aromatic N) is 3. The Morgan fingerprint density at radius 3 is 2.70 bits per heavy atom. The van der Waals surface area contributed by atoms with Crippen molar-refractivity contribution in [2.45, 2.75) is 13.3 Å². The average molecular weight is 333 g/mol. The van der Waals surface area contributed by atoms with Crippen LogP contribution in [0, 0.1) is 11.3 Å². The number of benzene rings is 1. The topological polar surface area (TPSA) is 70.8 Å². The largest absolute Gasteiger partial charge is 0.438 e. The lowest BCUT2D eigenvalue weighted by Crippen LogP contribution is -2.02. The fourth-order valence-corrected chi connectivity index (χ4v) is 2.02. The lowest BCUT2D eigenvalue weighted by Gasteiger charge is -2.10. The molecule has 0 aliphatic heterocycles. The fraction of sp³-hybridized carbons (Fsp3) is 0.214. The first-order valence-corrected chi connectivity index (χ1v) is 6.92. The second-order valence-corrected chi connectivity index (χ2v) is 4.75. The second-order valence-electron chi connectivity index (χ2n) is 3.95. The Hall–Kier alpha value is -2.13. The van der Waals surface area contributed by atoms with E-state index in [1.165, 1.54) is 6.33 Å². The van der Waals surface area contributed by atoms with E-state index in [4.69, 9.17) is 10.00 Å². The molecule has 0 fully saturated rings. The Kier molecular flexibility index (Phi) is 4.91. The van der Waals surface area contributed by atoms with E-state index in [0.717, 1.165) is 12.1 Å². The third-order valence-corrected chi connectivity index (χ3v) is 3.24. The minimum atomic E-state index is 0.391. The summed E-state index contributed by atoms with van der Waals surface area (Å²) in [5.41, 5.74) is 0.954. The number of halogens is 1. The molecule has 2 aromatic rings. The molecule has 0 atom stereocenters. The molecule has 0 amide bonds. The third-order valence-electron chi connectivity index (χ3n) is 2.52. The zero-order valence-electron chi connectivity index (χ0n) is 10.9. The molecule has 1 heterocycles. The Labute approximate surface area is 125 Å². The zero-order valence-corrected chi connectivity index (χ0v) is 12.5. The number of anilines is 1. The highest BCUT2D eigenvalue weighted by Gasteiger charge is 2.10. The summed E-state index contributed by atoms with van der Waals surface area (Å²) in [5, 5.41) is 11.7. The van der Waals surface area contributed by atoms with Crippen molar-refractivity contribution in [2.75, 3.05) is 11.9 Å². The van der Waals surface area contributed by atoms with Crippen LogP contribution in [0.2, 0.25) is 0 Å². The zero-order chi connectivity index (χ0) is 14.4. The van der Waals surface area contributed by atoms with Crippen molar-refractivity contribution >= 4 is 21.7 Å². The summed E-state index contributed by atoms with van der Waals surface area (Å²) in [6, 6.07) is 9.45. The van der Waals surface area contributed by atoms with Gasteiger partial charge in [0.15, 0.2) is 0 Å². The maximum atomic E-state index is 8.63. The van der Waals surface area contributed by atoms with E-state index in [9.17, 15) is 0 Å². The fourth-order valence-electron chi connectivity index (χ4n) is 1.59. The summed E-state index contributed by atoms with van der Waals surface area (Å²) < 4.78 is 6.39. The van der Waals surface area contributed by atoms with Crippen molar-refractivity contribution in [3.63, 3.8) is 0 Å². The van der Waals surface area contributed by atoms with Crippen molar-refractivity contribution in [3.05, 3.63) is 40.6 Å².